The Morgan fingerprint density at radius 1 is 1.02 bits per heavy atom. The number of hydrogen-bond donors (Lipinski definition) is 1. The van der Waals surface area contributed by atoms with E-state index in [0.29, 0.717) is 32.3 Å². The Balaban J connectivity index is 1.22. The van der Waals surface area contributed by atoms with Crippen LogP contribution in [0.15, 0.2) is 48.6 Å². The fraction of sp³-hybridized carbons (Fsp3) is 0.541. The van der Waals surface area contributed by atoms with Crippen molar-refractivity contribution in [2.45, 2.75) is 51.6 Å². The maximum Gasteiger partial charge on any atom is 0.318 e. The summed E-state index contributed by atoms with van der Waals surface area (Å²) in [5, 5.41) is 6.48. The van der Waals surface area contributed by atoms with Gasteiger partial charge in [0.05, 0.1) is 22.8 Å². The van der Waals surface area contributed by atoms with E-state index in [-0.39, 0.29) is 11.4 Å². The first-order chi connectivity index (χ1) is 23.4. The van der Waals surface area contributed by atoms with E-state index in [1.807, 2.05) is 41.9 Å². The van der Waals surface area contributed by atoms with Crippen molar-refractivity contribution < 1.29 is 9.53 Å². The summed E-state index contributed by atoms with van der Waals surface area (Å²) in [6.45, 7) is 12.2. The minimum Gasteiger partial charge on any atom is -0.461 e. The number of nitrogens with one attached hydrogen (secondary N) is 1. The largest absolute Gasteiger partial charge is 0.461 e. The van der Waals surface area contributed by atoms with Crippen molar-refractivity contribution in [2.75, 3.05) is 87.3 Å². The highest BCUT2D eigenvalue weighted by atomic mass is 35.5. The number of likely N-dealkylation sites (N-methyl/N-ethyl adjacent to an activating group) is 1. The summed E-state index contributed by atoms with van der Waals surface area (Å²) in [7, 11) is 2.01. The number of aromatic nitrogens is 2. The average molecular weight is 692 g/mol. The summed E-state index contributed by atoms with van der Waals surface area (Å²) in [5.74, 6) is 3.38. The second kappa shape index (κ2) is 16.1. The Labute approximate surface area is 295 Å². The molecule has 258 valence electrons. The van der Waals surface area contributed by atoms with Crippen LogP contribution in [0.4, 0.5) is 11.5 Å². The minimum absolute atomic E-state index is 0.0954. The van der Waals surface area contributed by atoms with Crippen molar-refractivity contribution in [1.82, 2.24) is 25.1 Å². The molecule has 4 heterocycles. The van der Waals surface area contributed by atoms with Gasteiger partial charge in [0.2, 0.25) is 5.91 Å². The first kappa shape index (κ1) is 34.8. The maximum atomic E-state index is 13.1. The van der Waals surface area contributed by atoms with E-state index in [1.54, 1.807) is 6.08 Å². The van der Waals surface area contributed by atoms with Gasteiger partial charge in [0, 0.05) is 86.6 Å². The van der Waals surface area contributed by atoms with Crippen molar-refractivity contribution in [3.8, 4) is 6.01 Å². The number of hydrogen-bond acceptors (Lipinski definition) is 9. The number of piperazine rings is 1. The lowest BCUT2D eigenvalue weighted by Gasteiger charge is -2.38. The van der Waals surface area contributed by atoms with Crippen molar-refractivity contribution in [3.05, 3.63) is 64.8 Å². The minimum atomic E-state index is -0.133. The Kier molecular flexibility index (Phi) is 11.7. The molecule has 1 N–H and O–H groups in total. The zero-order valence-electron chi connectivity index (χ0n) is 28.7. The normalized spacial score (nSPS) is 18.7. The Bertz CT molecular complexity index is 1580. The molecular formula is C37H50ClN7O2S. The molecular weight excluding hydrogens is 642 g/mol. The first-order valence-electron chi connectivity index (χ1n) is 17.6. The van der Waals surface area contributed by atoms with E-state index in [1.165, 1.54) is 17.1 Å². The third-order valence-corrected chi connectivity index (χ3v) is 11.5. The van der Waals surface area contributed by atoms with Gasteiger partial charge in [-0.1, -0.05) is 62.2 Å². The molecule has 0 radical (unpaired) electrons. The number of carbonyl (C=O) groups excluding carboxylic acids is 1. The number of rotatable bonds is 12. The third-order valence-electron chi connectivity index (χ3n) is 10.2. The molecule has 1 amide bonds. The van der Waals surface area contributed by atoms with Gasteiger partial charge in [-0.05, 0) is 43.8 Å². The second-order valence-electron chi connectivity index (χ2n) is 13.1. The fourth-order valence-corrected chi connectivity index (χ4v) is 8.45. The summed E-state index contributed by atoms with van der Waals surface area (Å²) >= 11 is 8.75. The number of halogens is 1. The lowest BCUT2D eigenvalue weighted by Crippen LogP contribution is -2.49. The first-order valence-corrected chi connectivity index (χ1v) is 19.1. The molecule has 6 rings (SSSR count). The monoisotopic (exact) mass is 691 g/mol. The van der Waals surface area contributed by atoms with Crippen LogP contribution in [0.25, 0.3) is 10.8 Å². The van der Waals surface area contributed by atoms with Gasteiger partial charge >= 0.3 is 6.01 Å². The van der Waals surface area contributed by atoms with Crippen molar-refractivity contribution >= 4 is 51.5 Å². The molecule has 3 aliphatic heterocycles. The maximum absolute atomic E-state index is 13.1. The third kappa shape index (κ3) is 7.88. The summed E-state index contributed by atoms with van der Waals surface area (Å²) in [6.07, 6.45) is 7.63. The van der Waals surface area contributed by atoms with Gasteiger partial charge in [-0.25, -0.2) is 0 Å². The van der Waals surface area contributed by atoms with Gasteiger partial charge in [0.15, 0.2) is 0 Å². The van der Waals surface area contributed by atoms with Gasteiger partial charge in [0.25, 0.3) is 0 Å². The summed E-state index contributed by atoms with van der Waals surface area (Å²) in [5.41, 5.74) is 3.15. The van der Waals surface area contributed by atoms with Crippen LogP contribution in [0.5, 0.6) is 6.01 Å². The number of amides is 1. The molecule has 1 unspecified atom stereocenters. The number of ether oxygens (including phenoxy) is 1. The molecule has 11 heteroatoms. The van der Waals surface area contributed by atoms with Crippen LogP contribution in [-0.4, -0.2) is 109 Å². The lowest BCUT2D eigenvalue weighted by atomic mass is 9.92. The van der Waals surface area contributed by atoms with Gasteiger partial charge in [-0.15, -0.1) is 0 Å². The van der Waals surface area contributed by atoms with E-state index in [0.717, 1.165) is 97.9 Å². The zero-order valence-corrected chi connectivity index (χ0v) is 30.3. The topological polar surface area (TPSA) is 77.1 Å². The summed E-state index contributed by atoms with van der Waals surface area (Å²) in [6, 6.07) is 12.9. The number of carbonyl (C=O) groups is 1. The fourth-order valence-electron chi connectivity index (χ4n) is 7.20. The highest BCUT2D eigenvalue weighted by molar-refractivity contribution is 7.99. The van der Waals surface area contributed by atoms with E-state index in [9.17, 15) is 4.79 Å². The van der Waals surface area contributed by atoms with E-state index in [4.69, 9.17) is 26.3 Å². The van der Waals surface area contributed by atoms with Gasteiger partial charge in [-0.2, -0.15) is 21.7 Å². The molecule has 3 aromatic rings. The molecule has 1 aromatic heterocycles. The molecule has 0 bridgehead atoms. The second-order valence-corrected chi connectivity index (χ2v) is 14.7. The van der Waals surface area contributed by atoms with Crippen LogP contribution in [-0.2, 0) is 17.8 Å². The zero-order chi connectivity index (χ0) is 33.5. The number of anilines is 2. The molecule has 0 spiro atoms. The number of thioether (sulfide) groups is 1. The molecule has 2 aromatic carbocycles. The molecule has 1 atom stereocenters. The molecule has 48 heavy (non-hydrogen) atoms. The molecule has 9 nitrogen and oxygen atoms in total. The van der Waals surface area contributed by atoms with Crippen LogP contribution < -0.4 is 19.9 Å². The molecule has 0 aliphatic carbocycles. The smallest absolute Gasteiger partial charge is 0.318 e. The van der Waals surface area contributed by atoms with E-state index < -0.39 is 0 Å². The molecule has 3 aliphatic rings. The van der Waals surface area contributed by atoms with Crippen LogP contribution in [0.3, 0.4) is 0 Å². The van der Waals surface area contributed by atoms with Crippen molar-refractivity contribution in [1.29, 1.82) is 0 Å². The van der Waals surface area contributed by atoms with Gasteiger partial charge in [0.1, 0.15) is 12.4 Å². The van der Waals surface area contributed by atoms with E-state index in [2.05, 4.69) is 58.1 Å². The quantitative estimate of drug-likeness (QED) is 0.243. The molecule has 0 saturated carbocycles. The lowest BCUT2D eigenvalue weighted by molar-refractivity contribution is -0.126. The van der Waals surface area contributed by atoms with Crippen molar-refractivity contribution in [3.63, 3.8) is 0 Å². The predicted molar refractivity (Wildman–Crippen MR) is 200 cm³/mol. The van der Waals surface area contributed by atoms with Crippen LogP contribution in [0.1, 0.15) is 44.4 Å². The standard InChI is InChI=1S/C37H50ClN7O2S/c1-4-15-37(5-2,39-3)27-47-36-40-31-26-45(32-12-7-10-28-9-6-11-30(38)34(28)32)17-14-29(31)35(41-36)44-20-18-43(19-21-44)33(46)13-8-16-42-22-24-48-25-23-42/h6-13,39H,4-5,14-27H2,1-3H3/b13-8+. The summed E-state index contributed by atoms with van der Waals surface area (Å²) < 4.78 is 6.46. The van der Waals surface area contributed by atoms with E-state index >= 15 is 0 Å². The predicted octanol–water partition coefficient (Wildman–Crippen LogP) is 5.65. The number of nitrogens with zero attached hydrogens (tertiary/aromatic N) is 6. The average Bonchev–Trinajstić information content (AvgIpc) is 3.13. The van der Waals surface area contributed by atoms with Crippen LogP contribution >= 0.6 is 23.4 Å². The molecule has 2 fully saturated rings. The van der Waals surface area contributed by atoms with Crippen LogP contribution in [0, 0.1) is 0 Å². The highest BCUT2D eigenvalue weighted by Crippen LogP contribution is 2.37. The summed E-state index contributed by atoms with van der Waals surface area (Å²) in [4.78, 5) is 32.3. The molecule has 2 saturated heterocycles. The Morgan fingerprint density at radius 3 is 2.52 bits per heavy atom. The Hall–Kier alpha value is -3.05. The highest BCUT2D eigenvalue weighted by Gasteiger charge is 2.31. The van der Waals surface area contributed by atoms with Crippen LogP contribution in [0.2, 0.25) is 5.02 Å². The SMILES string of the molecule is CCCC(CC)(COc1nc2c(c(N3CCN(C(=O)/C=C/CN4CCSCC4)CC3)n1)CCN(c1cccc3cccc(Cl)c13)C2)NC. The van der Waals surface area contributed by atoms with Gasteiger partial charge in [-0.3, -0.25) is 9.69 Å². The Morgan fingerprint density at radius 2 is 1.79 bits per heavy atom. The number of benzene rings is 2. The number of fused-ring (bicyclic) bond motifs is 2. The van der Waals surface area contributed by atoms with Gasteiger partial charge < -0.3 is 24.8 Å². The van der Waals surface area contributed by atoms with Crippen molar-refractivity contribution in [2.24, 2.45) is 0 Å².